The molecule has 0 bridgehead atoms. The van der Waals surface area contributed by atoms with Crippen molar-refractivity contribution in [2.24, 2.45) is 17.8 Å². The average Bonchev–Trinajstić information content (AvgIpc) is 2.32. The SMILES string of the molecule is CC1CC(S)CC2C(S)C(S)CC12. The summed E-state index contributed by atoms with van der Waals surface area (Å²) in [5.41, 5.74) is 0. The van der Waals surface area contributed by atoms with Crippen LogP contribution in [-0.4, -0.2) is 15.7 Å². The van der Waals surface area contributed by atoms with Gasteiger partial charge in [0.15, 0.2) is 0 Å². The number of thiol groups is 3. The van der Waals surface area contributed by atoms with Gasteiger partial charge in [0.05, 0.1) is 0 Å². The van der Waals surface area contributed by atoms with Gasteiger partial charge in [0.1, 0.15) is 0 Å². The first-order valence-corrected chi connectivity index (χ1v) is 6.68. The van der Waals surface area contributed by atoms with E-state index in [-0.39, 0.29) is 0 Å². The monoisotopic (exact) mass is 234 g/mol. The van der Waals surface area contributed by atoms with Crippen molar-refractivity contribution < 1.29 is 0 Å². The fourth-order valence-corrected chi connectivity index (χ4v) is 4.62. The van der Waals surface area contributed by atoms with E-state index in [2.05, 4.69) is 44.8 Å². The number of hydrogen-bond donors (Lipinski definition) is 3. The van der Waals surface area contributed by atoms with E-state index in [0.717, 1.165) is 17.8 Å². The molecule has 2 rings (SSSR count). The summed E-state index contributed by atoms with van der Waals surface area (Å²) in [6.07, 6.45) is 3.80. The van der Waals surface area contributed by atoms with E-state index in [1.807, 2.05) is 0 Å². The van der Waals surface area contributed by atoms with Crippen LogP contribution in [0.1, 0.15) is 26.2 Å². The molecule has 0 saturated heterocycles. The zero-order valence-corrected chi connectivity index (χ0v) is 10.6. The third-order valence-corrected chi connectivity index (χ3v) is 5.75. The summed E-state index contributed by atoms with van der Waals surface area (Å²) in [7, 11) is 0. The second-order valence-electron chi connectivity index (χ2n) is 4.72. The van der Waals surface area contributed by atoms with Gasteiger partial charge in [0, 0.05) is 15.7 Å². The highest BCUT2D eigenvalue weighted by Crippen LogP contribution is 2.49. The minimum Gasteiger partial charge on any atom is -0.176 e. The Kier molecular flexibility index (Phi) is 3.17. The van der Waals surface area contributed by atoms with Crippen LogP contribution in [0.5, 0.6) is 0 Å². The Morgan fingerprint density at radius 1 is 0.923 bits per heavy atom. The lowest BCUT2D eigenvalue weighted by Gasteiger charge is -2.36. The molecule has 0 amide bonds. The van der Waals surface area contributed by atoms with Gasteiger partial charge < -0.3 is 0 Å². The van der Waals surface area contributed by atoms with Crippen LogP contribution in [0.3, 0.4) is 0 Å². The zero-order chi connectivity index (χ0) is 9.59. The molecule has 0 aliphatic heterocycles. The predicted molar refractivity (Wildman–Crippen MR) is 68.3 cm³/mol. The summed E-state index contributed by atoms with van der Waals surface area (Å²) in [5.74, 6) is 2.47. The number of rotatable bonds is 0. The van der Waals surface area contributed by atoms with Crippen LogP contribution in [0.25, 0.3) is 0 Å². The molecule has 0 aromatic carbocycles. The van der Waals surface area contributed by atoms with Crippen LogP contribution < -0.4 is 0 Å². The van der Waals surface area contributed by atoms with E-state index < -0.39 is 0 Å². The first-order chi connectivity index (χ1) is 6.09. The van der Waals surface area contributed by atoms with Gasteiger partial charge in [-0.3, -0.25) is 0 Å². The third kappa shape index (κ3) is 1.89. The van der Waals surface area contributed by atoms with Crippen LogP contribution in [0.15, 0.2) is 0 Å². The summed E-state index contributed by atoms with van der Waals surface area (Å²) in [4.78, 5) is 0. The molecule has 0 heterocycles. The van der Waals surface area contributed by atoms with Gasteiger partial charge >= 0.3 is 0 Å². The van der Waals surface area contributed by atoms with Gasteiger partial charge in [-0.15, -0.1) is 0 Å². The number of hydrogen-bond acceptors (Lipinski definition) is 3. The maximum Gasteiger partial charge on any atom is 0.0165 e. The molecule has 2 aliphatic carbocycles. The van der Waals surface area contributed by atoms with Gasteiger partial charge in [-0.25, -0.2) is 0 Å². The molecule has 2 aliphatic rings. The van der Waals surface area contributed by atoms with Crippen LogP contribution in [0, 0.1) is 17.8 Å². The molecule has 0 N–H and O–H groups in total. The average molecular weight is 234 g/mol. The predicted octanol–water partition coefficient (Wildman–Crippen LogP) is 2.95. The maximum atomic E-state index is 4.68. The first kappa shape index (κ1) is 10.6. The molecule has 0 aromatic heterocycles. The highest BCUT2D eigenvalue weighted by atomic mass is 32.1. The minimum absolute atomic E-state index is 0.505. The van der Waals surface area contributed by atoms with Crippen molar-refractivity contribution in [2.75, 3.05) is 0 Å². The van der Waals surface area contributed by atoms with Crippen LogP contribution >= 0.6 is 37.9 Å². The number of fused-ring (bicyclic) bond motifs is 1. The minimum atomic E-state index is 0.505. The molecular formula is C10H18S3. The topological polar surface area (TPSA) is 0 Å². The van der Waals surface area contributed by atoms with E-state index in [1.54, 1.807) is 0 Å². The molecule has 13 heavy (non-hydrogen) atoms. The van der Waals surface area contributed by atoms with Gasteiger partial charge in [0.25, 0.3) is 0 Å². The normalized spacial score (nSPS) is 56.3. The molecular weight excluding hydrogens is 216 g/mol. The molecule has 2 saturated carbocycles. The van der Waals surface area contributed by atoms with Crippen molar-refractivity contribution in [3.05, 3.63) is 0 Å². The van der Waals surface area contributed by atoms with Crippen molar-refractivity contribution in [3.8, 4) is 0 Å². The van der Waals surface area contributed by atoms with Crippen molar-refractivity contribution in [1.29, 1.82) is 0 Å². The molecule has 0 aromatic rings. The summed E-state index contributed by atoms with van der Waals surface area (Å²) >= 11 is 13.9. The van der Waals surface area contributed by atoms with Crippen LogP contribution in [-0.2, 0) is 0 Å². The Labute approximate surface area is 97.5 Å². The van der Waals surface area contributed by atoms with Crippen molar-refractivity contribution >= 4 is 37.9 Å². The van der Waals surface area contributed by atoms with E-state index in [4.69, 9.17) is 0 Å². The van der Waals surface area contributed by atoms with E-state index in [1.165, 1.54) is 19.3 Å². The van der Waals surface area contributed by atoms with Gasteiger partial charge in [-0.2, -0.15) is 37.9 Å². The smallest absolute Gasteiger partial charge is 0.0165 e. The Morgan fingerprint density at radius 3 is 2.31 bits per heavy atom. The molecule has 0 spiro atoms. The van der Waals surface area contributed by atoms with Crippen molar-refractivity contribution in [2.45, 2.75) is 41.9 Å². The standard InChI is InChI=1S/C10H18S3/c1-5-2-6(11)3-8-7(5)4-9(12)10(8)13/h5-13H,2-4H2,1H3. The fourth-order valence-electron chi connectivity index (χ4n) is 3.11. The van der Waals surface area contributed by atoms with Gasteiger partial charge in [0.2, 0.25) is 0 Å². The largest absolute Gasteiger partial charge is 0.176 e. The first-order valence-electron chi connectivity index (χ1n) is 5.13. The fraction of sp³-hybridized carbons (Fsp3) is 1.00. The van der Waals surface area contributed by atoms with E-state index in [0.29, 0.717) is 15.7 Å². The van der Waals surface area contributed by atoms with Crippen molar-refractivity contribution in [3.63, 3.8) is 0 Å². The summed E-state index contributed by atoms with van der Waals surface area (Å²) in [5, 5.41) is 1.62. The van der Waals surface area contributed by atoms with E-state index >= 15 is 0 Å². The Hall–Kier alpha value is 1.05. The maximum absolute atomic E-state index is 4.68. The van der Waals surface area contributed by atoms with Crippen LogP contribution in [0.2, 0.25) is 0 Å². The Balaban J connectivity index is 2.12. The molecule has 76 valence electrons. The lowest BCUT2D eigenvalue weighted by Crippen LogP contribution is -2.31. The Morgan fingerprint density at radius 2 is 1.62 bits per heavy atom. The Bertz CT molecular complexity index is 195. The lowest BCUT2D eigenvalue weighted by atomic mass is 9.74. The highest BCUT2D eigenvalue weighted by molar-refractivity contribution is 7.85. The summed E-state index contributed by atoms with van der Waals surface area (Å²) in [6.45, 7) is 2.37. The third-order valence-electron chi connectivity index (χ3n) is 3.82. The quantitative estimate of drug-likeness (QED) is 0.527. The zero-order valence-electron chi connectivity index (χ0n) is 7.93. The molecule has 2 fully saturated rings. The van der Waals surface area contributed by atoms with Crippen LogP contribution in [0.4, 0.5) is 0 Å². The second kappa shape index (κ2) is 3.90. The summed E-state index contributed by atoms with van der Waals surface area (Å²) < 4.78 is 0. The molecule has 3 heteroatoms. The van der Waals surface area contributed by atoms with Gasteiger partial charge in [-0.05, 0) is 37.0 Å². The molecule has 6 unspecified atom stereocenters. The van der Waals surface area contributed by atoms with Crippen molar-refractivity contribution in [1.82, 2.24) is 0 Å². The molecule has 0 radical (unpaired) electrons. The summed E-state index contributed by atoms with van der Waals surface area (Å²) in [6, 6.07) is 0. The second-order valence-corrected chi connectivity index (χ2v) is 6.71. The lowest BCUT2D eigenvalue weighted by molar-refractivity contribution is 0.206. The highest BCUT2D eigenvalue weighted by Gasteiger charge is 2.45. The molecule has 0 nitrogen and oxygen atoms in total. The molecule has 6 atom stereocenters. The van der Waals surface area contributed by atoms with Gasteiger partial charge in [-0.1, -0.05) is 6.92 Å². The van der Waals surface area contributed by atoms with E-state index in [9.17, 15) is 0 Å².